The van der Waals surface area contributed by atoms with Crippen molar-refractivity contribution in [2.45, 2.75) is 23.5 Å². The van der Waals surface area contributed by atoms with E-state index in [1.165, 1.54) is 10.5 Å². The highest BCUT2D eigenvalue weighted by Gasteiger charge is 2.26. The number of hydrogen-bond donors (Lipinski definition) is 0. The number of rotatable bonds is 5. The lowest BCUT2D eigenvalue weighted by Gasteiger charge is -2.35. The standard InChI is InChI=1S/C25H31N3OS/c1-21-13-15-28(23-11-5-6-12-24(23)30-21)25(29)20-27-18-16-26(17-19-27)14-7-10-22-8-3-2-4-9-22/h2-12,21H,13-20H2,1H3/b10-7+/t21-/m0/s1. The monoisotopic (exact) mass is 421 g/mol. The van der Waals surface area contributed by atoms with Gasteiger partial charge in [0.05, 0.1) is 12.2 Å². The molecule has 0 bridgehead atoms. The average Bonchev–Trinajstić information content (AvgIpc) is 2.94. The lowest BCUT2D eigenvalue weighted by molar-refractivity contribution is -0.120. The van der Waals surface area contributed by atoms with Gasteiger partial charge in [-0.25, -0.2) is 0 Å². The molecular formula is C25H31N3OS. The molecule has 4 rings (SSSR count). The highest BCUT2D eigenvalue weighted by atomic mass is 32.2. The second kappa shape index (κ2) is 10.3. The number of nitrogens with zero attached hydrogens (tertiary/aromatic N) is 3. The zero-order chi connectivity index (χ0) is 20.8. The van der Waals surface area contributed by atoms with Gasteiger partial charge in [-0.2, -0.15) is 0 Å². The smallest absolute Gasteiger partial charge is 0.241 e. The van der Waals surface area contributed by atoms with Gasteiger partial charge in [0.2, 0.25) is 5.91 Å². The molecule has 5 heteroatoms. The first-order valence-electron chi connectivity index (χ1n) is 10.9. The minimum atomic E-state index is 0.231. The van der Waals surface area contributed by atoms with Gasteiger partial charge in [0.1, 0.15) is 0 Å². The van der Waals surface area contributed by atoms with Crippen LogP contribution in [0.1, 0.15) is 18.9 Å². The van der Waals surface area contributed by atoms with Gasteiger partial charge in [0, 0.05) is 49.4 Å². The molecule has 1 amide bonds. The highest BCUT2D eigenvalue weighted by molar-refractivity contribution is 8.00. The summed E-state index contributed by atoms with van der Waals surface area (Å²) < 4.78 is 0. The van der Waals surface area contributed by atoms with Crippen LogP contribution in [-0.4, -0.2) is 66.8 Å². The summed E-state index contributed by atoms with van der Waals surface area (Å²) in [6.07, 6.45) is 5.46. The van der Waals surface area contributed by atoms with Gasteiger partial charge < -0.3 is 4.90 Å². The fourth-order valence-corrected chi connectivity index (χ4v) is 5.17. The molecule has 2 aromatic carbocycles. The van der Waals surface area contributed by atoms with Gasteiger partial charge in [-0.1, -0.05) is 61.5 Å². The molecule has 0 aromatic heterocycles. The first-order chi connectivity index (χ1) is 14.7. The second-order valence-electron chi connectivity index (χ2n) is 8.12. The van der Waals surface area contributed by atoms with Gasteiger partial charge in [-0.05, 0) is 24.1 Å². The minimum Gasteiger partial charge on any atom is -0.310 e. The minimum absolute atomic E-state index is 0.231. The quantitative estimate of drug-likeness (QED) is 0.722. The Bertz CT molecular complexity index is 862. The Morgan fingerprint density at radius 3 is 2.47 bits per heavy atom. The molecule has 0 unspecified atom stereocenters. The molecule has 0 saturated carbocycles. The van der Waals surface area contributed by atoms with E-state index in [9.17, 15) is 4.79 Å². The van der Waals surface area contributed by atoms with E-state index in [4.69, 9.17) is 0 Å². The third-order valence-corrected chi connectivity index (χ3v) is 7.08. The fraction of sp³-hybridized carbons (Fsp3) is 0.400. The van der Waals surface area contributed by atoms with E-state index in [1.54, 1.807) is 0 Å². The van der Waals surface area contributed by atoms with Crippen LogP contribution < -0.4 is 4.90 Å². The number of carbonyl (C=O) groups is 1. The molecule has 30 heavy (non-hydrogen) atoms. The van der Waals surface area contributed by atoms with E-state index in [0.29, 0.717) is 11.8 Å². The molecule has 2 aliphatic heterocycles. The van der Waals surface area contributed by atoms with E-state index >= 15 is 0 Å². The van der Waals surface area contributed by atoms with Crippen LogP contribution in [0.2, 0.25) is 0 Å². The van der Waals surface area contributed by atoms with E-state index in [1.807, 2.05) is 28.8 Å². The lowest BCUT2D eigenvalue weighted by Crippen LogP contribution is -2.50. The molecule has 158 valence electrons. The normalized spacial score (nSPS) is 20.8. The molecule has 1 fully saturated rings. The van der Waals surface area contributed by atoms with Crippen LogP contribution in [0.5, 0.6) is 0 Å². The lowest BCUT2D eigenvalue weighted by atomic mass is 10.2. The average molecular weight is 422 g/mol. The predicted octanol–water partition coefficient (Wildman–Crippen LogP) is 4.23. The largest absolute Gasteiger partial charge is 0.310 e. The number of thioether (sulfide) groups is 1. The van der Waals surface area contributed by atoms with Crippen molar-refractivity contribution >= 4 is 29.4 Å². The van der Waals surface area contributed by atoms with E-state index < -0.39 is 0 Å². The topological polar surface area (TPSA) is 26.8 Å². The molecule has 2 heterocycles. The zero-order valence-corrected chi connectivity index (χ0v) is 18.6. The number of fused-ring (bicyclic) bond motifs is 1. The van der Waals surface area contributed by atoms with Crippen LogP contribution >= 0.6 is 11.8 Å². The second-order valence-corrected chi connectivity index (χ2v) is 9.60. The Kier molecular flexibility index (Phi) is 7.26. The van der Waals surface area contributed by atoms with Crippen molar-refractivity contribution in [3.8, 4) is 0 Å². The first-order valence-corrected chi connectivity index (χ1v) is 11.8. The molecule has 0 radical (unpaired) electrons. The number of piperazine rings is 1. The Morgan fingerprint density at radius 2 is 1.67 bits per heavy atom. The molecule has 0 N–H and O–H groups in total. The van der Waals surface area contributed by atoms with Gasteiger partial charge in [-0.3, -0.25) is 14.6 Å². The highest BCUT2D eigenvalue weighted by Crippen LogP contribution is 2.37. The Morgan fingerprint density at radius 1 is 0.967 bits per heavy atom. The number of amides is 1. The summed E-state index contributed by atoms with van der Waals surface area (Å²) in [5, 5.41) is 0.538. The Balaban J connectivity index is 1.28. The maximum atomic E-state index is 13.1. The van der Waals surface area contributed by atoms with Crippen molar-refractivity contribution in [1.82, 2.24) is 9.80 Å². The number of carbonyl (C=O) groups excluding carboxylic acids is 1. The summed E-state index contributed by atoms with van der Waals surface area (Å²) in [6.45, 7) is 8.46. The van der Waals surface area contributed by atoms with Gasteiger partial charge >= 0.3 is 0 Å². The fourth-order valence-electron chi connectivity index (χ4n) is 4.05. The third kappa shape index (κ3) is 5.54. The van der Waals surface area contributed by atoms with Crippen molar-refractivity contribution in [3.05, 3.63) is 66.2 Å². The third-order valence-electron chi connectivity index (χ3n) is 5.84. The van der Waals surface area contributed by atoms with Gasteiger partial charge in [-0.15, -0.1) is 11.8 Å². The van der Waals surface area contributed by atoms with Crippen molar-refractivity contribution < 1.29 is 4.79 Å². The van der Waals surface area contributed by atoms with E-state index in [0.717, 1.165) is 51.4 Å². The number of benzene rings is 2. The van der Waals surface area contributed by atoms with E-state index in [-0.39, 0.29) is 5.91 Å². The number of hydrogen-bond acceptors (Lipinski definition) is 4. The zero-order valence-electron chi connectivity index (χ0n) is 17.7. The molecule has 4 nitrogen and oxygen atoms in total. The molecule has 1 saturated heterocycles. The number of anilines is 1. The summed E-state index contributed by atoms with van der Waals surface area (Å²) >= 11 is 1.89. The maximum absolute atomic E-state index is 13.1. The summed E-state index contributed by atoms with van der Waals surface area (Å²) in [7, 11) is 0. The maximum Gasteiger partial charge on any atom is 0.241 e. The van der Waals surface area contributed by atoms with Crippen molar-refractivity contribution in [2.24, 2.45) is 0 Å². The molecular weight excluding hydrogens is 390 g/mol. The Labute approximate surface area is 184 Å². The molecule has 2 aliphatic rings. The number of para-hydroxylation sites is 1. The summed E-state index contributed by atoms with van der Waals surface area (Å²) in [4.78, 5) is 21.2. The predicted molar refractivity (Wildman–Crippen MR) is 127 cm³/mol. The van der Waals surface area contributed by atoms with Crippen molar-refractivity contribution in [1.29, 1.82) is 0 Å². The van der Waals surface area contributed by atoms with Crippen LogP contribution in [0.3, 0.4) is 0 Å². The summed E-state index contributed by atoms with van der Waals surface area (Å²) in [6, 6.07) is 18.8. The SMILES string of the molecule is C[C@H]1CCN(C(=O)CN2CCN(C/C=C/c3ccccc3)CC2)c2ccccc2S1. The van der Waals surface area contributed by atoms with Gasteiger partial charge in [0.15, 0.2) is 0 Å². The first kappa shape index (κ1) is 21.2. The van der Waals surface area contributed by atoms with Crippen molar-refractivity contribution in [3.63, 3.8) is 0 Å². The Hall–Kier alpha value is -2.08. The van der Waals surface area contributed by atoms with Crippen LogP contribution in [0.15, 0.2) is 65.6 Å². The molecule has 0 spiro atoms. The molecule has 2 aromatic rings. The van der Waals surface area contributed by atoms with Crippen LogP contribution in [0, 0.1) is 0 Å². The van der Waals surface area contributed by atoms with Gasteiger partial charge in [0.25, 0.3) is 0 Å². The van der Waals surface area contributed by atoms with Crippen molar-refractivity contribution in [2.75, 3.05) is 50.7 Å². The molecule has 1 atom stereocenters. The molecule has 0 aliphatic carbocycles. The van der Waals surface area contributed by atoms with Crippen LogP contribution in [-0.2, 0) is 4.79 Å². The summed E-state index contributed by atoms with van der Waals surface area (Å²) in [5.74, 6) is 0.231. The van der Waals surface area contributed by atoms with Crippen LogP contribution in [0.4, 0.5) is 5.69 Å². The van der Waals surface area contributed by atoms with Crippen LogP contribution in [0.25, 0.3) is 6.08 Å². The summed E-state index contributed by atoms with van der Waals surface area (Å²) in [5.41, 5.74) is 2.33. The van der Waals surface area contributed by atoms with E-state index in [2.05, 4.69) is 71.3 Å².